The van der Waals surface area contributed by atoms with Crippen molar-refractivity contribution >= 4 is 27.5 Å². The summed E-state index contributed by atoms with van der Waals surface area (Å²) in [6.45, 7) is 3.19. The summed E-state index contributed by atoms with van der Waals surface area (Å²) in [6, 6.07) is 4.29. The van der Waals surface area contributed by atoms with Gasteiger partial charge in [0.1, 0.15) is 4.90 Å². The van der Waals surface area contributed by atoms with E-state index in [1.165, 1.54) is 18.2 Å². The van der Waals surface area contributed by atoms with Gasteiger partial charge in [-0.1, -0.05) is 11.6 Å². The molecule has 0 spiro atoms. The van der Waals surface area contributed by atoms with Gasteiger partial charge in [0.25, 0.3) is 5.91 Å². The summed E-state index contributed by atoms with van der Waals surface area (Å²) in [4.78, 5) is 14.5. The number of sulfonamides is 1. The molecule has 7 nitrogen and oxygen atoms in total. The van der Waals surface area contributed by atoms with E-state index in [-0.39, 0.29) is 27.4 Å². The van der Waals surface area contributed by atoms with Gasteiger partial charge in [0, 0.05) is 37.8 Å². The topological polar surface area (TPSA) is 81.8 Å². The standard InChI is InChI=1S/C15H21ClN4O3S/c1-19-6-8-20(9-7-19)17-15(21)11-2-5-13(16)14(10-11)24(22,23)18-12-3-4-12/h2,5,10,12,18H,3-4,6-9H2,1H3,(H,17,21). The zero-order valence-electron chi connectivity index (χ0n) is 13.5. The fraction of sp³-hybridized carbons (Fsp3) is 0.533. The second kappa shape index (κ2) is 6.97. The Morgan fingerprint density at radius 3 is 2.50 bits per heavy atom. The third-order valence-electron chi connectivity index (χ3n) is 4.15. The molecule has 0 atom stereocenters. The van der Waals surface area contributed by atoms with Crippen molar-refractivity contribution in [1.82, 2.24) is 20.1 Å². The van der Waals surface area contributed by atoms with E-state index >= 15 is 0 Å². The van der Waals surface area contributed by atoms with Gasteiger partial charge in [-0.25, -0.2) is 18.1 Å². The van der Waals surface area contributed by atoms with Crippen LogP contribution in [0.5, 0.6) is 0 Å². The van der Waals surface area contributed by atoms with Gasteiger partial charge in [-0.3, -0.25) is 10.2 Å². The van der Waals surface area contributed by atoms with Crippen LogP contribution >= 0.6 is 11.6 Å². The van der Waals surface area contributed by atoms with Crippen LogP contribution < -0.4 is 10.1 Å². The van der Waals surface area contributed by atoms with Gasteiger partial charge in [-0.05, 0) is 38.1 Å². The lowest BCUT2D eigenvalue weighted by molar-refractivity contribution is 0.0662. The number of amides is 1. The van der Waals surface area contributed by atoms with Crippen molar-refractivity contribution in [3.8, 4) is 0 Å². The first kappa shape index (κ1) is 17.6. The van der Waals surface area contributed by atoms with Gasteiger partial charge < -0.3 is 4.90 Å². The highest BCUT2D eigenvalue weighted by molar-refractivity contribution is 7.89. The second-order valence-corrected chi connectivity index (χ2v) is 8.36. The van der Waals surface area contributed by atoms with E-state index in [0.717, 1.165) is 39.0 Å². The van der Waals surface area contributed by atoms with E-state index in [2.05, 4.69) is 15.0 Å². The molecule has 132 valence electrons. The summed E-state index contributed by atoms with van der Waals surface area (Å²) in [5.74, 6) is -0.334. The molecule has 1 heterocycles. The van der Waals surface area contributed by atoms with Gasteiger partial charge in [0.2, 0.25) is 10.0 Å². The van der Waals surface area contributed by atoms with Gasteiger partial charge in [-0.2, -0.15) is 0 Å². The molecular formula is C15H21ClN4O3S. The number of piperazine rings is 1. The molecule has 1 aromatic carbocycles. The van der Waals surface area contributed by atoms with Gasteiger partial charge in [0.15, 0.2) is 0 Å². The van der Waals surface area contributed by atoms with Crippen LogP contribution in [-0.2, 0) is 10.0 Å². The number of hydrogen-bond acceptors (Lipinski definition) is 5. The number of halogens is 1. The molecule has 9 heteroatoms. The first-order valence-electron chi connectivity index (χ1n) is 7.91. The largest absolute Gasteiger partial charge is 0.304 e. The minimum Gasteiger partial charge on any atom is -0.304 e. The number of nitrogens with zero attached hydrogens (tertiary/aromatic N) is 2. The lowest BCUT2D eigenvalue weighted by Crippen LogP contribution is -2.52. The average Bonchev–Trinajstić information content (AvgIpc) is 3.33. The molecule has 0 unspecified atom stereocenters. The zero-order chi connectivity index (χ0) is 17.3. The molecule has 3 rings (SSSR count). The average molecular weight is 373 g/mol. The Labute approximate surface area is 147 Å². The van der Waals surface area contributed by atoms with E-state index in [1.807, 2.05) is 12.1 Å². The fourth-order valence-electron chi connectivity index (χ4n) is 2.46. The highest BCUT2D eigenvalue weighted by Gasteiger charge is 2.29. The maximum Gasteiger partial charge on any atom is 0.265 e. The van der Waals surface area contributed by atoms with Crippen LogP contribution in [0.3, 0.4) is 0 Å². The summed E-state index contributed by atoms with van der Waals surface area (Å²) in [5, 5.41) is 1.95. The van der Waals surface area contributed by atoms with Gasteiger partial charge >= 0.3 is 0 Å². The highest BCUT2D eigenvalue weighted by Crippen LogP contribution is 2.26. The van der Waals surface area contributed by atoms with Crippen LogP contribution in [0.15, 0.2) is 23.1 Å². The SMILES string of the molecule is CN1CCN(NC(=O)c2ccc(Cl)c(S(=O)(=O)NC3CC3)c2)CC1. The van der Waals surface area contributed by atoms with Crippen LogP contribution in [0.25, 0.3) is 0 Å². The fourth-order valence-corrected chi connectivity index (χ4v) is 4.29. The molecule has 1 saturated carbocycles. The third kappa shape index (κ3) is 4.25. The number of benzene rings is 1. The number of likely N-dealkylation sites (N-methyl/N-ethyl adjacent to an activating group) is 1. The Morgan fingerprint density at radius 2 is 1.88 bits per heavy atom. The Kier molecular flexibility index (Phi) is 5.12. The van der Waals surface area contributed by atoms with Crippen molar-refractivity contribution in [3.63, 3.8) is 0 Å². The maximum absolute atomic E-state index is 12.4. The Bertz CT molecular complexity index is 728. The predicted octanol–water partition coefficient (Wildman–Crippen LogP) is 0.673. The Hall–Kier alpha value is -1.19. The molecule has 1 saturated heterocycles. The van der Waals surface area contributed by atoms with Crippen LogP contribution in [0, 0.1) is 0 Å². The number of hydrogen-bond donors (Lipinski definition) is 2. The molecule has 1 aliphatic carbocycles. The molecule has 2 N–H and O–H groups in total. The molecule has 1 aromatic rings. The molecule has 0 radical (unpaired) electrons. The molecule has 1 amide bonds. The molecule has 2 fully saturated rings. The van der Waals surface area contributed by atoms with Crippen LogP contribution in [0.2, 0.25) is 5.02 Å². The van der Waals surface area contributed by atoms with E-state index in [4.69, 9.17) is 11.6 Å². The van der Waals surface area contributed by atoms with Gasteiger partial charge in [0.05, 0.1) is 5.02 Å². The molecule has 24 heavy (non-hydrogen) atoms. The molecule has 0 bridgehead atoms. The van der Waals surface area contributed by atoms with Crippen LogP contribution in [0.1, 0.15) is 23.2 Å². The van der Waals surface area contributed by atoms with Gasteiger partial charge in [-0.15, -0.1) is 0 Å². The summed E-state index contributed by atoms with van der Waals surface area (Å²) in [5.41, 5.74) is 3.09. The first-order valence-corrected chi connectivity index (χ1v) is 9.77. The number of carbonyl (C=O) groups excluding carboxylic acids is 1. The maximum atomic E-state index is 12.4. The lowest BCUT2D eigenvalue weighted by atomic mass is 10.2. The van der Waals surface area contributed by atoms with E-state index in [0.29, 0.717) is 0 Å². The van der Waals surface area contributed by atoms with Crippen molar-refractivity contribution < 1.29 is 13.2 Å². The predicted molar refractivity (Wildman–Crippen MR) is 91.3 cm³/mol. The van der Waals surface area contributed by atoms with Crippen molar-refractivity contribution in [1.29, 1.82) is 0 Å². The normalized spacial score (nSPS) is 20.1. The van der Waals surface area contributed by atoms with Crippen LogP contribution in [0.4, 0.5) is 0 Å². The van der Waals surface area contributed by atoms with E-state index in [1.54, 1.807) is 0 Å². The summed E-state index contributed by atoms with van der Waals surface area (Å²) in [7, 11) is -1.68. The summed E-state index contributed by atoms with van der Waals surface area (Å²) >= 11 is 6.03. The first-order chi connectivity index (χ1) is 11.3. The second-order valence-electron chi connectivity index (χ2n) is 6.27. The van der Waals surface area contributed by atoms with Crippen molar-refractivity contribution in [2.24, 2.45) is 0 Å². The van der Waals surface area contributed by atoms with Crippen molar-refractivity contribution in [3.05, 3.63) is 28.8 Å². The van der Waals surface area contributed by atoms with E-state index < -0.39 is 10.0 Å². The summed E-state index contributed by atoms with van der Waals surface area (Å²) in [6.07, 6.45) is 1.67. The van der Waals surface area contributed by atoms with Crippen molar-refractivity contribution in [2.75, 3.05) is 33.2 Å². The highest BCUT2D eigenvalue weighted by atomic mass is 35.5. The minimum atomic E-state index is -3.71. The number of hydrazine groups is 1. The molecule has 1 aliphatic heterocycles. The number of rotatable bonds is 5. The minimum absolute atomic E-state index is 0.0195. The van der Waals surface area contributed by atoms with Crippen molar-refractivity contribution in [2.45, 2.75) is 23.8 Å². The molecule has 0 aromatic heterocycles. The quantitative estimate of drug-likeness (QED) is 0.794. The lowest BCUT2D eigenvalue weighted by Gasteiger charge is -2.32. The third-order valence-corrected chi connectivity index (χ3v) is 6.15. The Balaban J connectivity index is 1.73. The summed E-state index contributed by atoms with van der Waals surface area (Å²) < 4.78 is 27.3. The molecule has 2 aliphatic rings. The zero-order valence-corrected chi connectivity index (χ0v) is 15.0. The smallest absolute Gasteiger partial charge is 0.265 e. The number of nitrogens with one attached hydrogen (secondary N) is 2. The van der Waals surface area contributed by atoms with Crippen LogP contribution in [-0.4, -0.2) is 63.5 Å². The molecular weight excluding hydrogens is 352 g/mol. The Morgan fingerprint density at radius 1 is 1.21 bits per heavy atom. The monoisotopic (exact) mass is 372 g/mol. The number of carbonyl (C=O) groups is 1. The van der Waals surface area contributed by atoms with E-state index in [9.17, 15) is 13.2 Å².